The number of aliphatic hydroxyl groups excluding tert-OH is 1. The van der Waals surface area contributed by atoms with Crippen molar-refractivity contribution in [1.82, 2.24) is 0 Å². The lowest BCUT2D eigenvalue weighted by Crippen LogP contribution is -2.34. The summed E-state index contributed by atoms with van der Waals surface area (Å²) in [5, 5.41) is 16.5. The Morgan fingerprint density at radius 2 is 2.38 bits per heavy atom. The van der Waals surface area contributed by atoms with Gasteiger partial charge in [-0.05, 0) is 6.92 Å². The third-order valence-corrected chi connectivity index (χ3v) is 0.887. The first kappa shape index (κ1) is 7.41. The molecule has 0 spiro atoms. The lowest BCUT2D eigenvalue weighted by molar-refractivity contribution is 0.265. The van der Waals surface area contributed by atoms with Crippen LogP contribution in [0.5, 0.6) is 0 Å². The number of hydrogen-bond acceptors (Lipinski definition) is 3. The molecule has 0 aliphatic rings. The summed E-state index contributed by atoms with van der Waals surface area (Å²) < 4.78 is 0. The van der Waals surface area contributed by atoms with E-state index in [9.17, 15) is 0 Å². The minimum absolute atomic E-state index is 0.0272. The Bertz CT molecular complexity index is 103. The highest BCUT2D eigenvalue weighted by Crippen LogP contribution is 2.00. The number of aliphatic hydroxyl groups is 1. The monoisotopic (exact) mass is 114 g/mol. The smallest absolute Gasteiger partial charge is 0.103 e. The Balaban J connectivity index is 3.59. The lowest BCUT2D eigenvalue weighted by Gasteiger charge is -2.11. The topological polar surface area (TPSA) is 70.0 Å². The average molecular weight is 114 g/mol. The number of hydrogen-bond donors (Lipinski definition) is 2. The SMILES string of the molecule is CC(N)(C#N)CCO. The fourth-order valence-corrected chi connectivity index (χ4v) is 0.288. The van der Waals surface area contributed by atoms with Gasteiger partial charge in [0.05, 0.1) is 6.07 Å². The second-order valence-corrected chi connectivity index (χ2v) is 2.00. The summed E-state index contributed by atoms with van der Waals surface area (Å²) in [6, 6.07) is 1.86. The van der Waals surface area contributed by atoms with E-state index >= 15 is 0 Å². The number of rotatable bonds is 2. The van der Waals surface area contributed by atoms with Crippen LogP contribution < -0.4 is 5.73 Å². The zero-order valence-corrected chi connectivity index (χ0v) is 4.89. The van der Waals surface area contributed by atoms with Crippen LogP contribution in [0, 0.1) is 11.3 Å². The van der Waals surface area contributed by atoms with E-state index in [0.717, 1.165) is 0 Å². The summed E-state index contributed by atoms with van der Waals surface area (Å²) in [7, 11) is 0. The fourth-order valence-electron chi connectivity index (χ4n) is 0.288. The summed E-state index contributed by atoms with van der Waals surface area (Å²) in [6.07, 6.45) is 0.337. The average Bonchev–Trinajstić information content (AvgIpc) is 1.67. The summed E-state index contributed by atoms with van der Waals surface area (Å²) in [4.78, 5) is 0. The van der Waals surface area contributed by atoms with E-state index in [2.05, 4.69) is 0 Å². The van der Waals surface area contributed by atoms with Crippen LogP contribution in [-0.4, -0.2) is 17.3 Å². The Labute approximate surface area is 48.7 Å². The largest absolute Gasteiger partial charge is 0.396 e. The van der Waals surface area contributed by atoms with Crippen molar-refractivity contribution in [2.45, 2.75) is 18.9 Å². The van der Waals surface area contributed by atoms with Gasteiger partial charge in [-0.3, -0.25) is 0 Å². The molecule has 0 rings (SSSR count). The molecule has 0 bridgehead atoms. The molecule has 0 fully saturated rings. The first-order chi connectivity index (χ1) is 3.62. The first-order valence-electron chi connectivity index (χ1n) is 2.43. The molecule has 1 atom stereocenters. The Hall–Kier alpha value is -0.590. The predicted octanol–water partition coefficient (Wildman–Crippen LogP) is -0.390. The van der Waals surface area contributed by atoms with E-state index in [1.807, 2.05) is 6.07 Å². The van der Waals surface area contributed by atoms with Gasteiger partial charge in [0.2, 0.25) is 0 Å². The van der Waals surface area contributed by atoms with Crippen LogP contribution in [0.15, 0.2) is 0 Å². The van der Waals surface area contributed by atoms with Gasteiger partial charge in [0, 0.05) is 13.0 Å². The number of nitrogens with zero attached hydrogens (tertiary/aromatic N) is 1. The van der Waals surface area contributed by atoms with Gasteiger partial charge in [-0.2, -0.15) is 5.26 Å². The van der Waals surface area contributed by atoms with Crippen LogP contribution in [-0.2, 0) is 0 Å². The third kappa shape index (κ3) is 2.56. The van der Waals surface area contributed by atoms with Crippen LogP contribution in [0.1, 0.15) is 13.3 Å². The second-order valence-electron chi connectivity index (χ2n) is 2.00. The van der Waals surface area contributed by atoms with E-state index in [4.69, 9.17) is 16.1 Å². The van der Waals surface area contributed by atoms with Crippen LogP contribution in [0.3, 0.4) is 0 Å². The molecular weight excluding hydrogens is 104 g/mol. The van der Waals surface area contributed by atoms with Gasteiger partial charge in [0.1, 0.15) is 5.54 Å². The molecule has 0 heterocycles. The molecule has 3 heteroatoms. The highest BCUT2D eigenvalue weighted by molar-refractivity contribution is 5.00. The number of nitrogens with two attached hydrogens (primary N) is 1. The molecule has 0 aliphatic heterocycles. The zero-order chi connectivity index (χ0) is 6.62. The third-order valence-electron chi connectivity index (χ3n) is 0.887. The summed E-state index contributed by atoms with van der Waals surface area (Å²) in [6.45, 7) is 1.56. The van der Waals surface area contributed by atoms with Gasteiger partial charge >= 0.3 is 0 Å². The molecule has 3 N–H and O–H groups in total. The minimum atomic E-state index is -0.852. The molecule has 8 heavy (non-hydrogen) atoms. The van der Waals surface area contributed by atoms with Gasteiger partial charge in [0.25, 0.3) is 0 Å². The Kier molecular flexibility index (Phi) is 2.46. The minimum Gasteiger partial charge on any atom is -0.396 e. The molecule has 46 valence electrons. The maximum absolute atomic E-state index is 8.30. The van der Waals surface area contributed by atoms with Crippen LogP contribution >= 0.6 is 0 Å². The van der Waals surface area contributed by atoms with Crippen LogP contribution in [0.2, 0.25) is 0 Å². The van der Waals surface area contributed by atoms with Gasteiger partial charge < -0.3 is 10.8 Å². The molecule has 3 nitrogen and oxygen atoms in total. The first-order valence-corrected chi connectivity index (χ1v) is 2.43. The quantitative estimate of drug-likeness (QED) is 0.513. The zero-order valence-electron chi connectivity index (χ0n) is 4.89. The van der Waals surface area contributed by atoms with E-state index in [1.165, 1.54) is 0 Å². The van der Waals surface area contributed by atoms with Crippen molar-refractivity contribution < 1.29 is 5.11 Å². The maximum atomic E-state index is 8.30. The molecule has 0 aromatic carbocycles. The van der Waals surface area contributed by atoms with Crippen molar-refractivity contribution in [3.63, 3.8) is 0 Å². The van der Waals surface area contributed by atoms with Crippen molar-refractivity contribution in [2.75, 3.05) is 6.61 Å². The van der Waals surface area contributed by atoms with E-state index < -0.39 is 5.54 Å². The molecule has 0 saturated heterocycles. The standard InChI is InChI=1S/C5H10N2O/c1-5(7,4-6)2-3-8/h8H,2-3,7H2,1H3. The van der Waals surface area contributed by atoms with E-state index in [0.29, 0.717) is 6.42 Å². The molecule has 0 aromatic heterocycles. The summed E-state index contributed by atoms with van der Waals surface area (Å²) in [5.41, 5.74) is 4.45. The summed E-state index contributed by atoms with van der Waals surface area (Å²) in [5.74, 6) is 0. The van der Waals surface area contributed by atoms with Crippen molar-refractivity contribution in [3.8, 4) is 6.07 Å². The molecule has 0 aliphatic carbocycles. The van der Waals surface area contributed by atoms with Crippen molar-refractivity contribution in [1.29, 1.82) is 5.26 Å². The molecule has 0 aromatic rings. The van der Waals surface area contributed by atoms with E-state index in [1.54, 1.807) is 6.92 Å². The Morgan fingerprint density at radius 3 is 2.50 bits per heavy atom. The maximum Gasteiger partial charge on any atom is 0.103 e. The predicted molar refractivity (Wildman–Crippen MR) is 29.9 cm³/mol. The van der Waals surface area contributed by atoms with Crippen molar-refractivity contribution in [3.05, 3.63) is 0 Å². The molecular formula is C5H10N2O. The molecule has 1 unspecified atom stereocenters. The Morgan fingerprint density at radius 1 is 1.88 bits per heavy atom. The van der Waals surface area contributed by atoms with Crippen LogP contribution in [0.25, 0.3) is 0 Å². The lowest BCUT2D eigenvalue weighted by atomic mass is 10.0. The molecule has 0 amide bonds. The second kappa shape index (κ2) is 2.65. The normalized spacial score (nSPS) is 16.8. The van der Waals surface area contributed by atoms with Crippen molar-refractivity contribution in [2.24, 2.45) is 5.73 Å². The van der Waals surface area contributed by atoms with Gasteiger partial charge in [0.15, 0.2) is 0 Å². The van der Waals surface area contributed by atoms with Crippen molar-refractivity contribution >= 4 is 0 Å². The molecule has 0 radical (unpaired) electrons. The van der Waals surface area contributed by atoms with Crippen LogP contribution in [0.4, 0.5) is 0 Å². The fraction of sp³-hybridized carbons (Fsp3) is 0.800. The van der Waals surface area contributed by atoms with Gasteiger partial charge in [-0.1, -0.05) is 0 Å². The van der Waals surface area contributed by atoms with Gasteiger partial charge in [-0.15, -0.1) is 0 Å². The molecule has 0 saturated carbocycles. The highest BCUT2D eigenvalue weighted by atomic mass is 16.3. The highest BCUT2D eigenvalue weighted by Gasteiger charge is 2.14. The number of nitriles is 1. The van der Waals surface area contributed by atoms with E-state index in [-0.39, 0.29) is 6.61 Å². The summed E-state index contributed by atoms with van der Waals surface area (Å²) >= 11 is 0. The van der Waals surface area contributed by atoms with Gasteiger partial charge in [-0.25, -0.2) is 0 Å².